The standard InChI is InChI=1S/C26H29N3O8/c1-5-12-27-19-20(22(31)21(19)30)29-17(26(33)34)13-14-6-8-15(9-7-14)28-25(32)16-10-11-18(35-2)24(37-4)23(16)36-3/h6-11,17,27,29H,5,12-13H2,1-4H3,(H,28,32)(H,33,34)/t17-/m0/s1. The van der Waals surface area contributed by atoms with E-state index < -0.39 is 28.8 Å². The Morgan fingerprint density at radius 1 is 0.892 bits per heavy atom. The summed E-state index contributed by atoms with van der Waals surface area (Å²) in [6, 6.07) is 8.60. The average molecular weight is 512 g/mol. The summed E-state index contributed by atoms with van der Waals surface area (Å²) in [7, 11) is 4.34. The molecule has 0 unspecified atom stereocenters. The number of anilines is 3. The number of hydrogen-bond acceptors (Lipinski definition) is 9. The van der Waals surface area contributed by atoms with E-state index in [2.05, 4.69) is 16.0 Å². The van der Waals surface area contributed by atoms with Crippen LogP contribution in [0, 0.1) is 0 Å². The smallest absolute Gasteiger partial charge is 0.326 e. The number of carboxylic acid groups (broad SMARTS) is 1. The number of nitrogens with one attached hydrogen (secondary N) is 3. The molecular weight excluding hydrogens is 482 g/mol. The third-order valence-corrected chi connectivity index (χ3v) is 5.68. The molecule has 0 fully saturated rings. The summed E-state index contributed by atoms with van der Waals surface area (Å²) >= 11 is 0. The first kappa shape index (κ1) is 27.1. The minimum atomic E-state index is -1.17. The summed E-state index contributed by atoms with van der Waals surface area (Å²) in [6.45, 7) is 2.39. The van der Waals surface area contributed by atoms with E-state index in [1.165, 1.54) is 21.3 Å². The fraction of sp³-hybridized carbons (Fsp3) is 0.308. The molecule has 0 saturated carbocycles. The van der Waals surface area contributed by atoms with Crippen LogP contribution in [0.2, 0.25) is 0 Å². The van der Waals surface area contributed by atoms with E-state index in [4.69, 9.17) is 14.2 Å². The maximum absolute atomic E-state index is 12.9. The van der Waals surface area contributed by atoms with Crippen LogP contribution in [0.15, 0.2) is 46.0 Å². The molecule has 0 saturated heterocycles. The Morgan fingerprint density at radius 2 is 1.54 bits per heavy atom. The van der Waals surface area contributed by atoms with Gasteiger partial charge in [-0.2, -0.15) is 0 Å². The second-order valence-corrected chi connectivity index (χ2v) is 8.11. The molecule has 196 valence electrons. The molecule has 0 aliphatic heterocycles. The van der Waals surface area contributed by atoms with Gasteiger partial charge in [-0.15, -0.1) is 0 Å². The largest absolute Gasteiger partial charge is 0.493 e. The van der Waals surface area contributed by atoms with E-state index in [9.17, 15) is 24.3 Å². The van der Waals surface area contributed by atoms with Gasteiger partial charge in [0.05, 0.1) is 26.9 Å². The molecule has 0 aliphatic rings. The van der Waals surface area contributed by atoms with Gasteiger partial charge in [-0.1, -0.05) is 19.1 Å². The van der Waals surface area contributed by atoms with Crippen molar-refractivity contribution in [1.29, 1.82) is 0 Å². The van der Waals surface area contributed by atoms with Crippen molar-refractivity contribution in [3.63, 3.8) is 0 Å². The Bertz CT molecular complexity index is 1340. The normalized spacial score (nSPS) is 11.5. The number of amides is 1. The molecule has 0 bridgehead atoms. The molecule has 3 rings (SSSR count). The lowest BCUT2D eigenvalue weighted by molar-refractivity contribution is -0.137. The van der Waals surface area contributed by atoms with Gasteiger partial charge in [-0.05, 0) is 36.2 Å². The fourth-order valence-electron chi connectivity index (χ4n) is 3.76. The number of hydrogen-bond donors (Lipinski definition) is 4. The zero-order valence-electron chi connectivity index (χ0n) is 21.0. The van der Waals surface area contributed by atoms with Crippen molar-refractivity contribution in [3.8, 4) is 17.2 Å². The molecule has 4 N–H and O–H groups in total. The van der Waals surface area contributed by atoms with E-state index in [0.717, 1.165) is 6.42 Å². The molecule has 1 atom stereocenters. The first-order valence-corrected chi connectivity index (χ1v) is 11.5. The summed E-state index contributed by atoms with van der Waals surface area (Å²) in [6.07, 6.45) is 0.779. The number of carbonyl (C=O) groups excluding carboxylic acids is 1. The molecule has 11 nitrogen and oxygen atoms in total. The lowest BCUT2D eigenvalue weighted by atomic mass is 10.0. The van der Waals surface area contributed by atoms with Crippen LogP contribution in [-0.4, -0.2) is 50.9 Å². The van der Waals surface area contributed by atoms with Gasteiger partial charge in [0.25, 0.3) is 16.8 Å². The Labute approximate surface area is 213 Å². The summed E-state index contributed by atoms with van der Waals surface area (Å²) < 4.78 is 15.9. The number of carbonyl (C=O) groups is 2. The highest BCUT2D eigenvalue weighted by molar-refractivity contribution is 6.07. The second kappa shape index (κ2) is 11.9. The Balaban J connectivity index is 1.72. The molecule has 11 heteroatoms. The maximum Gasteiger partial charge on any atom is 0.326 e. The lowest BCUT2D eigenvalue weighted by Crippen LogP contribution is -2.42. The van der Waals surface area contributed by atoms with E-state index in [1.54, 1.807) is 36.4 Å². The average Bonchev–Trinajstić information content (AvgIpc) is 2.91. The predicted molar refractivity (Wildman–Crippen MR) is 139 cm³/mol. The zero-order valence-corrected chi connectivity index (χ0v) is 21.0. The first-order chi connectivity index (χ1) is 17.7. The monoisotopic (exact) mass is 511 g/mol. The molecule has 3 aromatic rings. The second-order valence-electron chi connectivity index (χ2n) is 8.11. The van der Waals surface area contributed by atoms with E-state index >= 15 is 0 Å². The summed E-state index contributed by atoms with van der Waals surface area (Å²) in [5, 5.41) is 18.0. The van der Waals surface area contributed by atoms with Crippen LogP contribution in [0.1, 0.15) is 29.3 Å². The van der Waals surface area contributed by atoms with Crippen molar-refractivity contribution in [2.75, 3.05) is 43.8 Å². The van der Waals surface area contributed by atoms with Gasteiger partial charge in [0.15, 0.2) is 11.5 Å². The van der Waals surface area contributed by atoms with Crippen molar-refractivity contribution in [2.24, 2.45) is 0 Å². The summed E-state index contributed by atoms with van der Waals surface area (Å²) in [5.41, 5.74) is 0.0438. The zero-order chi connectivity index (χ0) is 27.1. The Morgan fingerprint density at radius 3 is 2.11 bits per heavy atom. The van der Waals surface area contributed by atoms with Gasteiger partial charge in [-0.25, -0.2) is 4.79 Å². The van der Waals surface area contributed by atoms with Gasteiger partial charge in [-0.3, -0.25) is 14.4 Å². The van der Waals surface area contributed by atoms with Crippen LogP contribution >= 0.6 is 0 Å². The van der Waals surface area contributed by atoms with Crippen molar-refractivity contribution in [1.82, 2.24) is 0 Å². The minimum absolute atomic E-state index is 0.0152. The Hall–Kier alpha value is -4.54. The van der Waals surface area contributed by atoms with Crippen LogP contribution in [0.25, 0.3) is 0 Å². The predicted octanol–water partition coefficient (Wildman–Crippen LogP) is 2.49. The minimum Gasteiger partial charge on any atom is -0.493 e. The maximum atomic E-state index is 12.9. The molecular formula is C26H29N3O8. The SMILES string of the molecule is CCCNc1c(N[C@@H](Cc2ccc(NC(=O)c3ccc(OC)c(OC)c3OC)cc2)C(=O)O)c(=O)c1=O. The molecule has 0 spiro atoms. The van der Waals surface area contributed by atoms with Crippen molar-refractivity contribution in [2.45, 2.75) is 25.8 Å². The highest BCUT2D eigenvalue weighted by Crippen LogP contribution is 2.40. The number of ether oxygens (including phenoxy) is 3. The van der Waals surface area contributed by atoms with Gasteiger partial charge >= 0.3 is 5.97 Å². The van der Waals surface area contributed by atoms with E-state index in [1.807, 2.05) is 6.92 Å². The van der Waals surface area contributed by atoms with Crippen molar-refractivity contribution in [3.05, 3.63) is 68.0 Å². The quantitative estimate of drug-likeness (QED) is 0.252. The van der Waals surface area contributed by atoms with Crippen LogP contribution < -0.4 is 41.0 Å². The molecule has 0 aromatic heterocycles. The highest BCUT2D eigenvalue weighted by atomic mass is 16.5. The van der Waals surface area contributed by atoms with Crippen LogP contribution in [0.4, 0.5) is 17.1 Å². The number of benzene rings is 2. The molecule has 0 aliphatic carbocycles. The number of aliphatic carboxylic acids is 1. The third-order valence-electron chi connectivity index (χ3n) is 5.68. The highest BCUT2D eigenvalue weighted by Gasteiger charge is 2.26. The van der Waals surface area contributed by atoms with Gasteiger partial charge in [0, 0.05) is 18.7 Å². The third kappa shape index (κ3) is 5.83. The van der Waals surface area contributed by atoms with Crippen molar-refractivity contribution >= 4 is 28.9 Å². The Kier molecular flexibility index (Phi) is 8.72. The number of carboxylic acids is 1. The van der Waals surface area contributed by atoms with E-state index in [-0.39, 0.29) is 34.9 Å². The number of rotatable bonds is 13. The fourth-order valence-corrected chi connectivity index (χ4v) is 3.76. The molecule has 37 heavy (non-hydrogen) atoms. The van der Waals surface area contributed by atoms with Crippen LogP contribution in [0.5, 0.6) is 17.2 Å². The molecule has 3 aromatic carbocycles. The molecule has 0 heterocycles. The molecule has 0 radical (unpaired) electrons. The number of methoxy groups -OCH3 is 3. The lowest BCUT2D eigenvalue weighted by Gasteiger charge is -2.20. The topological polar surface area (TPSA) is 152 Å². The van der Waals surface area contributed by atoms with Gasteiger partial charge in [0.2, 0.25) is 5.75 Å². The first-order valence-electron chi connectivity index (χ1n) is 11.5. The summed E-state index contributed by atoms with van der Waals surface area (Å²) in [5.74, 6) is -0.693. The van der Waals surface area contributed by atoms with Crippen LogP contribution in [0.3, 0.4) is 0 Å². The van der Waals surface area contributed by atoms with Gasteiger partial charge < -0.3 is 35.3 Å². The van der Waals surface area contributed by atoms with Crippen LogP contribution in [-0.2, 0) is 11.2 Å². The molecule has 1 amide bonds. The summed E-state index contributed by atoms with van der Waals surface area (Å²) in [4.78, 5) is 48.5. The van der Waals surface area contributed by atoms with E-state index in [0.29, 0.717) is 23.5 Å². The van der Waals surface area contributed by atoms with Crippen molar-refractivity contribution < 1.29 is 28.9 Å². The van der Waals surface area contributed by atoms with Gasteiger partial charge in [0.1, 0.15) is 17.4 Å².